The predicted molar refractivity (Wildman–Crippen MR) is 94.1 cm³/mol. The van der Waals surface area contributed by atoms with Crippen molar-refractivity contribution in [3.8, 4) is 0 Å². The molecule has 0 unspecified atom stereocenters. The average Bonchev–Trinajstić information content (AvgIpc) is 2.61. The monoisotopic (exact) mass is 321 g/mol. The van der Waals surface area contributed by atoms with E-state index in [1.54, 1.807) is 12.3 Å². The van der Waals surface area contributed by atoms with Gasteiger partial charge in [-0.25, -0.2) is 0 Å². The zero-order chi connectivity index (χ0) is 16.8. The fourth-order valence-electron chi connectivity index (χ4n) is 2.67. The average molecular weight is 321 g/mol. The van der Waals surface area contributed by atoms with E-state index in [1.165, 1.54) is 6.07 Å². The van der Waals surface area contributed by atoms with E-state index in [4.69, 9.17) is 0 Å². The molecule has 0 radical (unpaired) electrons. The number of H-pyrrole nitrogens is 1. The number of benzene rings is 1. The Kier molecular flexibility index (Phi) is 5.01. The van der Waals surface area contributed by atoms with Crippen LogP contribution in [0.4, 0.5) is 0 Å². The van der Waals surface area contributed by atoms with Crippen molar-refractivity contribution >= 4 is 16.8 Å². The summed E-state index contributed by atoms with van der Waals surface area (Å²) in [5, 5.41) is 3.65. The molecule has 0 aliphatic heterocycles. The number of aromatic amines is 1. The summed E-state index contributed by atoms with van der Waals surface area (Å²) in [5.41, 5.74) is 1.88. The Hall–Kier alpha value is -2.95. The largest absolute Gasteiger partial charge is 0.352 e. The van der Waals surface area contributed by atoms with Gasteiger partial charge >= 0.3 is 0 Å². The molecule has 2 heterocycles. The smallest absolute Gasteiger partial charge is 0.252 e. The van der Waals surface area contributed by atoms with Crippen molar-refractivity contribution in [1.29, 1.82) is 0 Å². The number of pyridine rings is 2. The first kappa shape index (κ1) is 15.9. The molecule has 122 valence electrons. The van der Waals surface area contributed by atoms with Crippen LogP contribution in [0.25, 0.3) is 10.9 Å². The molecule has 2 aromatic heterocycles. The summed E-state index contributed by atoms with van der Waals surface area (Å²) >= 11 is 0. The van der Waals surface area contributed by atoms with Crippen molar-refractivity contribution in [3.63, 3.8) is 0 Å². The number of hydrogen-bond donors (Lipinski definition) is 2. The van der Waals surface area contributed by atoms with Crippen LogP contribution in [-0.2, 0) is 6.42 Å². The first-order chi connectivity index (χ1) is 11.7. The summed E-state index contributed by atoms with van der Waals surface area (Å²) in [5.74, 6) is -0.213. The van der Waals surface area contributed by atoms with E-state index in [1.807, 2.05) is 36.4 Å². The molecule has 5 nitrogen and oxygen atoms in total. The van der Waals surface area contributed by atoms with Gasteiger partial charge in [-0.1, -0.05) is 24.3 Å². The van der Waals surface area contributed by atoms with Crippen molar-refractivity contribution in [2.45, 2.75) is 19.3 Å². The number of nitrogens with zero attached hydrogens (tertiary/aromatic N) is 1. The molecule has 1 amide bonds. The van der Waals surface area contributed by atoms with Gasteiger partial charge in [-0.2, -0.15) is 0 Å². The first-order valence-electron chi connectivity index (χ1n) is 8.04. The van der Waals surface area contributed by atoms with Crippen LogP contribution in [0.15, 0.2) is 59.5 Å². The van der Waals surface area contributed by atoms with Gasteiger partial charge in [-0.3, -0.25) is 14.6 Å². The summed E-state index contributed by atoms with van der Waals surface area (Å²) in [4.78, 5) is 31.1. The number of amides is 1. The van der Waals surface area contributed by atoms with Crippen LogP contribution in [0, 0.1) is 0 Å². The minimum atomic E-state index is -0.269. The summed E-state index contributed by atoms with van der Waals surface area (Å²) in [7, 11) is 0. The molecule has 0 saturated heterocycles. The summed E-state index contributed by atoms with van der Waals surface area (Å²) in [6.07, 6.45) is 4.50. The summed E-state index contributed by atoms with van der Waals surface area (Å²) < 4.78 is 0. The number of hydrogen-bond acceptors (Lipinski definition) is 3. The third kappa shape index (κ3) is 3.87. The third-order valence-corrected chi connectivity index (χ3v) is 3.87. The van der Waals surface area contributed by atoms with Crippen LogP contribution < -0.4 is 10.9 Å². The van der Waals surface area contributed by atoms with Gasteiger partial charge in [-0.05, 0) is 37.5 Å². The minimum Gasteiger partial charge on any atom is -0.352 e. The second kappa shape index (κ2) is 7.55. The van der Waals surface area contributed by atoms with Crippen molar-refractivity contribution in [1.82, 2.24) is 15.3 Å². The van der Waals surface area contributed by atoms with E-state index in [-0.39, 0.29) is 11.5 Å². The molecule has 0 aliphatic rings. The van der Waals surface area contributed by atoms with E-state index in [9.17, 15) is 9.59 Å². The molecule has 0 atom stereocenters. The zero-order valence-electron chi connectivity index (χ0n) is 13.3. The molecule has 2 N–H and O–H groups in total. The lowest BCUT2D eigenvalue weighted by Crippen LogP contribution is -2.26. The Morgan fingerprint density at radius 1 is 1.08 bits per heavy atom. The van der Waals surface area contributed by atoms with Gasteiger partial charge in [0, 0.05) is 35.4 Å². The Balaban J connectivity index is 1.57. The molecular weight excluding hydrogens is 302 g/mol. The van der Waals surface area contributed by atoms with E-state index in [0.29, 0.717) is 17.6 Å². The van der Waals surface area contributed by atoms with Gasteiger partial charge in [0.1, 0.15) is 0 Å². The Morgan fingerprint density at radius 3 is 2.75 bits per heavy atom. The normalized spacial score (nSPS) is 10.7. The number of aromatic nitrogens is 2. The Bertz CT molecular complexity index is 888. The van der Waals surface area contributed by atoms with E-state index < -0.39 is 0 Å². The van der Waals surface area contributed by atoms with E-state index in [2.05, 4.69) is 15.3 Å². The molecular formula is C19H19N3O2. The number of carbonyl (C=O) groups excluding carboxylic acids is 1. The first-order valence-corrected chi connectivity index (χ1v) is 8.04. The fourth-order valence-corrected chi connectivity index (χ4v) is 2.67. The molecule has 1 aromatic carbocycles. The molecule has 0 fully saturated rings. The third-order valence-electron chi connectivity index (χ3n) is 3.87. The van der Waals surface area contributed by atoms with Gasteiger partial charge in [-0.15, -0.1) is 0 Å². The van der Waals surface area contributed by atoms with E-state index in [0.717, 1.165) is 30.3 Å². The van der Waals surface area contributed by atoms with Gasteiger partial charge in [0.2, 0.25) is 5.56 Å². The molecule has 0 spiro atoms. The number of aryl methyl sites for hydroxylation is 1. The van der Waals surface area contributed by atoms with Gasteiger partial charge in [0.15, 0.2) is 0 Å². The Labute approximate surface area is 139 Å². The number of rotatable bonds is 6. The molecule has 5 heteroatoms. The second-order valence-corrected chi connectivity index (χ2v) is 5.63. The molecule has 3 rings (SSSR count). The van der Waals surface area contributed by atoms with Crippen molar-refractivity contribution in [2.75, 3.05) is 6.54 Å². The number of fused-ring (bicyclic) bond motifs is 1. The molecule has 0 aliphatic carbocycles. The lowest BCUT2D eigenvalue weighted by molar-refractivity contribution is 0.0954. The van der Waals surface area contributed by atoms with Crippen LogP contribution in [0.1, 0.15) is 28.9 Å². The minimum absolute atomic E-state index is 0.213. The highest BCUT2D eigenvalue weighted by Crippen LogP contribution is 2.14. The second-order valence-electron chi connectivity index (χ2n) is 5.63. The molecule has 24 heavy (non-hydrogen) atoms. The highest BCUT2D eigenvalue weighted by atomic mass is 16.2. The lowest BCUT2D eigenvalue weighted by Gasteiger charge is -2.08. The maximum atomic E-state index is 12.4. The van der Waals surface area contributed by atoms with Crippen LogP contribution in [0.3, 0.4) is 0 Å². The van der Waals surface area contributed by atoms with Crippen LogP contribution in [-0.4, -0.2) is 22.4 Å². The lowest BCUT2D eigenvalue weighted by atomic mass is 10.1. The summed E-state index contributed by atoms with van der Waals surface area (Å²) in [6, 6.07) is 14.5. The van der Waals surface area contributed by atoms with Crippen molar-refractivity contribution in [3.05, 3.63) is 76.3 Å². The Morgan fingerprint density at radius 2 is 1.92 bits per heavy atom. The number of unbranched alkanes of at least 4 members (excludes halogenated alkanes) is 1. The number of carbonyl (C=O) groups is 1. The van der Waals surface area contributed by atoms with Crippen LogP contribution in [0.2, 0.25) is 0 Å². The van der Waals surface area contributed by atoms with Gasteiger partial charge in [0.25, 0.3) is 5.91 Å². The maximum Gasteiger partial charge on any atom is 0.252 e. The highest BCUT2D eigenvalue weighted by Gasteiger charge is 2.10. The summed E-state index contributed by atoms with van der Waals surface area (Å²) in [6.45, 7) is 0.576. The maximum absolute atomic E-state index is 12.4. The van der Waals surface area contributed by atoms with Crippen LogP contribution in [0.5, 0.6) is 0 Å². The molecule has 3 aromatic rings. The van der Waals surface area contributed by atoms with Gasteiger partial charge < -0.3 is 10.3 Å². The van der Waals surface area contributed by atoms with Crippen molar-refractivity contribution < 1.29 is 4.79 Å². The number of para-hydroxylation sites is 1. The number of nitrogens with one attached hydrogen (secondary N) is 2. The molecule has 0 bridgehead atoms. The highest BCUT2D eigenvalue weighted by molar-refractivity contribution is 6.05. The van der Waals surface area contributed by atoms with Crippen molar-refractivity contribution in [2.24, 2.45) is 0 Å². The van der Waals surface area contributed by atoms with E-state index >= 15 is 0 Å². The standard InChI is InChI=1S/C19H19N3O2/c23-18-13-16(15-9-1-2-10-17(15)22-18)19(24)21-12-6-4-8-14-7-3-5-11-20-14/h1-3,5,7,9-11,13H,4,6,8,12H2,(H,21,24)(H,22,23). The SMILES string of the molecule is O=C(NCCCCc1ccccn1)c1cc(=O)[nH]c2ccccc12. The predicted octanol–water partition coefficient (Wildman–Crippen LogP) is 2.68. The fraction of sp³-hybridized carbons (Fsp3) is 0.211. The topological polar surface area (TPSA) is 74.8 Å². The zero-order valence-corrected chi connectivity index (χ0v) is 13.3. The quantitative estimate of drug-likeness (QED) is 0.685. The molecule has 0 saturated carbocycles. The van der Waals surface area contributed by atoms with Crippen LogP contribution >= 0.6 is 0 Å². The van der Waals surface area contributed by atoms with Gasteiger partial charge in [0.05, 0.1) is 5.56 Å².